The second-order valence-electron chi connectivity index (χ2n) is 4.63. The first-order valence-corrected chi connectivity index (χ1v) is 8.11. The van der Waals surface area contributed by atoms with Crippen LogP contribution in [0.15, 0.2) is 24.3 Å². The summed E-state index contributed by atoms with van der Waals surface area (Å²) in [5.41, 5.74) is 2.00. The van der Waals surface area contributed by atoms with Crippen molar-refractivity contribution in [3.05, 3.63) is 35.4 Å². The highest BCUT2D eigenvalue weighted by Gasteiger charge is 1.95. The van der Waals surface area contributed by atoms with Crippen LogP contribution in [0, 0.1) is 11.3 Å². The van der Waals surface area contributed by atoms with Gasteiger partial charge < -0.3 is 4.74 Å². The SMILES string of the molecule is N#Cc1ccc(CCCOCCCCCCBr)cc1. The maximum absolute atomic E-state index is 8.71. The van der Waals surface area contributed by atoms with Gasteiger partial charge in [0.25, 0.3) is 0 Å². The number of alkyl halides is 1. The van der Waals surface area contributed by atoms with Crippen molar-refractivity contribution in [1.82, 2.24) is 0 Å². The molecule has 3 heteroatoms. The van der Waals surface area contributed by atoms with Crippen LogP contribution in [0.1, 0.15) is 43.2 Å². The normalized spacial score (nSPS) is 10.3. The summed E-state index contributed by atoms with van der Waals surface area (Å²) in [7, 11) is 0. The summed E-state index contributed by atoms with van der Waals surface area (Å²) in [4.78, 5) is 0. The van der Waals surface area contributed by atoms with E-state index in [1.165, 1.54) is 31.2 Å². The molecule has 1 aromatic carbocycles. The average Bonchev–Trinajstić information content (AvgIpc) is 2.46. The van der Waals surface area contributed by atoms with Gasteiger partial charge in [-0.15, -0.1) is 0 Å². The second kappa shape index (κ2) is 11.0. The molecule has 0 atom stereocenters. The molecule has 0 aliphatic heterocycles. The molecule has 0 heterocycles. The van der Waals surface area contributed by atoms with Crippen molar-refractivity contribution < 1.29 is 4.74 Å². The number of aryl methyl sites for hydroxylation is 1. The van der Waals surface area contributed by atoms with E-state index in [9.17, 15) is 0 Å². The molecule has 2 nitrogen and oxygen atoms in total. The van der Waals surface area contributed by atoms with E-state index in [4.69, 9.17) is 10.00 Å². The van der Waals surface area contributed by atoms with E-state index < -0.39 is 0 Å². The summed E-state index contributed by atoms with van der Waals surface area (Å²) in [6.07, 6.45) is 7.06. The fourth-order valence-corrected chi connectivity index (χ4v) is 2.28. The molecule has 1 aromatic rings. The van der Waals surface area contributed by atoms with Crippen molar-refractivity contribution in [2.24, 2.45) is 0 Å². The molecule has 0 aromatic heterocycles. The van der Waals surface area contributed by atoms with Crippen molar-refractivity contribution >= 4 is 15.9 Å². The van der Waals surface area contributed by atoms with Gasteiger partial charge in [0.05, 0.1) is 11.6 Å². The van der Waals surface area contributed by atoms with E-state index in [-0.39, 0.29) is 0 Å². The first-order chi connectivity index (χ1) is 9.36. The van der Waals surface area contributed by atoms with Crippen molar-refractivity contribution in [3.8, 4) is 6.07 Å². The summed E-state index contributed by atoms with van der Waals surface area (Å²) in [5, 5.41) is 9.82. The lowest BCUT2D eigenvalue weighted by atomic mass is 10.1. The molecule has 0 aliphatic carbocycles. The molecule has 0 saturated carbocycles. The molecule has 0 spiro atoms. The van der Waals surface area contributed by atoms with Gasteiger partial charge in [0.1, 0.15) is 0 Å². The third-order valence-electron chi connectivity index (χ3n) is 3.01. The molecule has 0 amide bonds. The van der Waals surface area contributed by atoms with Gasteiger partial charge in [-0.05, 0) is 43.4 Å². The zero-order chi connectivity index (χ0) is 13.8. The fourth-order valence-electron chi connectivity index (χ4n) is 1.88. The van der Waals surface area contributed by atoms with Gasteiger partial charge in [0.15, 0.2) is 0 Å². The maximum atomic E-state index is 8.71. The highest BCUT2D eigenvalue weighted by atomic mass is 79.9. The van der Waals surface area contributed by atoms with Crippen molar-refractivity contribution in [1.29, 1.82) is 5.26 Å². The van der Waals surface area contributed by atoms with E-state index >= 15 is 0 Å². The maximum Gasteiger partial charge on any atom is 0.0991 e. The molecule has 0 saturated heterocycles. The van der Waals surface area contributed by atoms with Gasteiger partial charge >= 0.3 is 0 Å². The number of benzene rings is 1. The highest BCUT2D eigenvalue weighted by molar-refractivity contribution is 9.09. The first kappa shape index (κ1) is 16.2. The summed E-state index contributed by atoms with van der Waals surface area (Å²) in [6.45, 7) is 1.72. The number of hydrogen-bond donors (Lipinski definition) is 0. The highest BCUT2D eigenvalue weighted by Crippen LogP contribution is 2.06. The summed E-state index contributed by atoms with van der Waals surface area (Å²) in [5.74, 6) is 0. The van der Waals surface area contributed by atoms with Crippen molar-refractivity contribution in [3.63, 3.8) is 0 Å². The molecule has 0 bridgehead atoms. The number of unbranched alkanes of at least 4 members (excludes halogenated alkanes) is 3. The van der Waals surface area contributed by atoms with Crippen LogP contribution in [-0.2, 0) is 11.2 Å². The smallest absolute Gasteiger partial charge is 0.0991 e. The van der Waals surface area contributed by atoms with E-state index in [1.807, 2.05) is 24.3 Å². The second-order valence-corrected chi connectivity index (χ2v) is 5.42. The minimum absolute atomic E-state index is 0.725. The van der Waals surface area contributed by atoms with Gasteiger partial charge in [-0.3, -0.25) is 0 Å². The van der Waals surface area contributed by atoms with Crippen LogP contribution >= 0.6 is 15.9 Å². The number of rotatable bonds is 10. The monoisotopic (exact) mass is 323 g/mol. The van der Waals surface area contributed by atoms with Crippen molar-refractivity contribution in [2.75, 3.05) is 18.5 Å². The molecule has 0 N–H and O–H groups in total. The van der Waals surface area contributed by atoms with Crippen molar-refractivity contribution in [2.45, 2.75) is 38.5 Å². The van der Waals surface area contributed by atoms with Crippen LogP contribution in [0.3, 0.4) is 0 Å². The Morgan fingerprint density at radius 2 is 1.63 bits per heavy atom. The zero-order valence-electron chi connectivity index (χ0n) is 11.4. The minimum atomic E-state index is 0.725. The number of nitriles is 1. The first-order valence-electron chi connectivity index (χ1n) is 6.99. The number of ether oxygens (including phenoxy) is 1. The quantitative estimate of drug-likeness (QED) is 0.470. The molecule has 19 heavy (non-hydrogen) atoms. The van der Waals surface area contributed by atoms with Crippen LogP contribution in [0.25, 0.3) is 0 Å². The standard InChI is InChI=1S/C16H22BrNO/c17-11-3-1-2-4-12-19-13-5-6-15-7-9-16(14-18)10-8-15/h7-10H,1-6,11-13H2. The summed E-state index contributed by atoms with van der Waals surface area (Å²) >= 11 is 3.43. The number of hydrogen-bond acceptors (Lipinski definition) is 2. The molecule has 0 radical (unpaired) electrons. The Kier molecular flexibility index (Phi) is 9.40. The lowest BCUT2D eigenvalue weighted by Crippen LogP contribution is -1.99. The Bertz CT molecular complexity index is 369. The number of nitrogens with zero attached hydrogens (tertiary/aromatic N) is 1. The molecular weight excluding hydrogens is 302 g/mol. The topological polar surface area (TPSA) is 33.0 Å². The predicted molar refractivity (Wildman–Crippen MR) is 82.6 cm³/mol. The van der Waals surface area contributed by atoms with E-state index in [0.717, 1.165) is 36.9 Å². The van der Waals surface area contributed by atoms with Gasteiger partial charge in [-0.2, -0.15) is 5.26 Å². The third kappa shape index (κ3) is 8.02. The lowest BCUT2D eigenvalue weighted by molar-refractivity contribution is 0.128. The molecule has 104 valence electrons. The average molecular weight is 324 g/mol. The Labute approximate surface area is 124 Å². The summed E-state index contributed by atoms with van der Waals surface area (Å²) in [6, 6.07) is 9.93. The molecule has 1 rings (SSSR count). The van der Waals surface area contributed by atoms with E-state index in [1.54, 1.807) is 0 Å². The van der Waals surface area contributed by atoms with E-state index in [2.05, 4.69) is 22.0 Å². The largest absolute Gasteiger partial charge is 0.381 e. The van der Waals surface area contributed by atoms with Crippen LogP contribution in [0.4, 0.5) is 0 Å². The fraction of sp³-hybridized carbons (Fsp3) is 0.562. The Morgan fingerprint density at radius 1 is 0.947 bits per heavy atom. The molecule has 0 unspecified atom stereocenters. The van der Waals surface area contributed by atoms with Crippen LogP contribution in [0.2, 0.25) is 0 Å². The minimum Gasteiger partial charge on any atom is -0.381 e. The van der Waals surface area contributed by atoms with Gasteiger partial charge in [0, 0.05) is 18.5 Å². The van der Waals surface area contributed by atoms with E-state index in [0.29, 0.717) is 0 Å². The Morgan fingerprint density at radius 3 is 2.32 bits per heavy atom. The number of halogens is 1. The molecular formula is C16H22BrNO. The van der Waals surface area contributed by atoms with Gasteiger partial charge in [0.2, 0.25) is 0 Å². The third-order valence-corrected chi connectivity index (χ3v) is 3.57. The molecule has 0 aliphatic rings. The van der Waals surface area contributed by atoms with Crippen LogP contribution in [0.5, 0.6) is 0 Å². The molecule has 0 fully saturated rings. The Balaban J connectivity index is 1.97. The van der Waals surface area contributed by atoms with Crippen LogP contribution in [-0.4, -0.2) is 18.5 Å². The summed E-state index contributed by atoms with van der Waals surface area (Å²) < 4.78 is 5.62. The Hall–Kier alpha value is -0.850. The van der Waals surface area contributed by atoms with Gasteiger partial charge in [-0.1, -0.05) is 40.9 Å². The predicted octanol–water partition coefficient (Wildman–Crippen LogP) is 4.46. The lowest BCUT2D eigenvalue weighted by Gasteiger charge is -2.04. The van der Waals surface area contributed by atoms with Crippen LogP contribution < -0.4 is 0 Å². The zero-order valence-corrected chi connectivity index (χ0v) is 13.0. The van der Waals surface area contributed by atoms with Gasteiger partial charge in [-0.25, -0.2) is 0 Å².